The molecule has 57 heavy (non-hydrogen) atoms. The zero-order chi connectivity index (χ0) is 41.8. The number of para-hydroxylation sites is 4. The smallest absolute Gasteiger partial charge is 0.269 e. The van der Waals surface area contributed by atoms with Gasteiger partial charge in [-0.25, -0.2) is 4.98 Å². The van der Waals surface area contributed by atoms with Crippen LogP contribution in [0.5, 0.6) is 11.5 Å². The van der Waals surface area contributed by atoms with Gasteiger partial charge in [0.2, 0.25) is 0 Å². The van der Waals surface area contributed by atoms with Crippen molar-refractivity contribution in [2.24, 2.45) is 5.92 Å². The van der Waals surface area contributed by atoms with Crippen molar-refractivity contribution in [3.63, 3.8) is 0 Å². The molecule has 274 valence electrons. The van der Waals surface area contributed by atoms with Crippen LogP contribution in [0.1, 0.15) is 24.9 Å². The highest BCUT2D eigenvalue weighted by molar-refractivity contribution is 6.09. The Labute approximate surface area is 337 Å². The third-order valence-corrected chi connectivity index (χ3v) is 10.4. The second-order valence-electron chi connectivity index (χ2n) is 14.7. The largest absolute Gasteiger partial charge is 0.458 e. The number of aromatic nitrogens is 4. The number of ether oxygens (including phenoxy) is 1. The highest BCUT2D eigenvalue weighted by Crippen LogP contribution is 2.37. The summed E-state index contributed by atoms with van der Waals surface area (Å²) in [5.41, 5.74) is 10.4. The molecular weight excluding hydrogens is 697 g/mol. The number of benzene rings is 7. The zero-order valence-corrected chi connectivity index (χ0v) is 31.6. The molecule has 0 atom stereocenters. The SMILES string of the molecule is [2H]c1c([2H])c([2H])c2c(c1[2H])c1ccc(Oc3cccc(-n4[c-][n+](-c5c(-c6ccccc6)cccc5-c5ccccc5)c5ccccc54)c3)cc1n2-c1cc(CC(C)C)ccn1. The van der Waals surface area contributed by atoms with Gasteiger partial charge >= 0.3 is 0 Å². The molecule has 3 heterocycles. The molecule has 0 bridgehead atoms. The van der Waals surface area contributed by atoms with Gasteiger partial charge in [0, 0.05) is 23.0 Å². The molecule has 3 aromatic heterocycles. The molecule has 0 saturated carbocycles. The molecule has 5 nitrogen and oxygen atoms in total. The molecule has 10 aromatic rings. The maximum atomic E-state index is 9.00. The maximum Gasteiger partial charge on any atom is 0.269 e. The Morgan fingerprint density at radius 2 is 1.35 bits per heavy atom. The van der Waals surface area contributed by atoms with E-state index >= 15 is 0 Å². The molecule has 10 rings (SSSR count). The third kappa shape index (κ3) is 6.33. The second-order valence-corrected chi connectivity index (χ2v) is 14.7. The summed E-state index contributed by atoms with van der Waals surface area (Å²) in [7, 11) is 0. The van der Waals surface area contributed by atoms with E-state index in [0.29, 0.717) is 45.0 Å². The predicted octanol–water partition coefficient (Wildman–Crippen LogP) is 12.5. The van der Waals surface area contributed by atoms with Crippen LogP contribution in [-0.4, -0.2) is 14.1 Å². The lowest BCUT2D eigenvalue weighted by molar-refractivity contribution is -0.571. The fourth-order valence-corrected chi connectivity index (χ4v) is 7.90. The summed E-state index contributed by atoms with van der Waals surface area (Å²) >= 11 is 0. The quantitative estimate of drug-likeness (QED) is 0.109. The minimum atomic E-state index is -0.288. The summed E-state index contributed by atoms with van der Waals surface area (Å²) < 4.78 is 47.7. The van der Waals surface area contributed by atoms with Crippen LogP contribution in [0.25, 0.3) is 72.3 Å². The molecule has 7 aromatic carbocycles. The van der Waals surface area contributed by atoms with Crippen LogP contribution >= 0.6 is 0 Å². The zero-order valence-electron chi connectivity index (χ0n) is 35.6. The van der Waals surface area contributed by atoms with E-state index < -0.39 is 0 Å². The monoisotopic (exact) mass is 740 g/mol. The first-order valence-electron chi connectivity index (χ1n) is 21.2. The predicted molar refractivity (Wildman–Crippen MR) is 232 cm³/mol. The number of imidazole rings is 1. The van der Waals surface area contributed by atoms with Gasteiger partial charge in [0.25, 0.3) is 6.33 Å². The number of rotatable bonds is 9. The number of hydrogen-bond acceptors (Lipinski definition) is 2. The van der Waals surface area contributed by atoms with Crippen molar-refractivity contribution >= 4 is 32.8 Å². The Morgan fingerprint density at radius 1 is 0.649 bits per heavy atom. The van der Waals surface area contributed by atoms with E-state index in [1.54, 1.807) is 6.20 Å². The van der Waals surface area contributed by atoms with Crippen molar-refractivity contribution in [3.8, 4) is 50.9 Å². The fraction of sp³-hybridized carbons (Fsp3) is 0.0769. The summed E-state index contributed by atoms with van der Waals surface area (Å²) in [5.74, 6) is 2.15. The van der Waals surface area contributed by atoms with Gasteiger partial charge in [-0.1, -0.05) is 141 Å². The summed E-state index contributed by atoms with van der Waals surface area (Å²) in [4.78, 5) is 4.73. The average Bonchev–Trinajstić information content (AvgIpc) is 3.84. The topological polar surface area (TPSA) is 35.9 Å². The number of hydrogen-bond donors (Lipinski definition) is 0. The number of pyridine rings is 1. The second kappa shape index (κ2) is 14.4. The maximum absolute atomic E-state index is 9.00. The first-order valence-corrected chi connectivity index (χ1v) is 19.2. The van der Waals surface area contributed by atoms with Gasteiger partial charge in [0.1, 0.15) is 17.3 Å². The van der Waals surface area contributed by atoms with Crippen molar-refractivity contribution in [1.29, 1.82) is 0 Å². The number of nitrogens with zero attached hydrogens (tertiary/aromatic N) is 4. The van der Waals surface area contributed by atoms with Crippen molar-refractivity contribution in [2.75, 3.05) is 0 Å². The van der Waals surface area contributed by atoms with Crippen molar-refractivity contribution in [2.45, 2.75) is 20.3 Å². The van der Waals surface area contributed by atoms with E-state index in [2.05, 4.69) is 114 Å². The molecule has 5 heteroatoms. The molecule has 0 aliphatic heterocycles. The minimum absolute atomic E-state index is 0.0887. The highest BCUT2D eigenvalue weighted by atomic mass is 16.5. The summed E-state index contributed by atoms with van der Waals surface area (Å²) in [6.45, 7) is 4.33. The average molecular weight is 741 g/mol. The Kier molecular flexibility index (Phi) is 7.61. The minimum Gasteiger partial charge on any atom is -0.458 e. The molecule has 0 spiro atoms. The molecule has 0 fully saturated rings. The van der Waals surface area contributed by atoms with Gasteiger partial charge in [0.05, 0.1) is 38.9 Å². The summed E-state index contributed by atoms with van der Waals surface area (Å²) in [6.07, 6.45) is 6.34. The van der Waals surface area contributed by atoms with Crippen molar-refractivity contribution in [1.82, 2.24) is 14.1 Å². The van der Waals surface area contributed by atoms with Crippen LogP contribution in [0.4, 0.5) is 0 Å². The van der Waals surface area contributed by atoms with E-state index in [4.69, 9.17) is 15.2 Å². The van der Waals surface area contributed by atoms with E-state index in [1.165, 1.54) is 0 Å². The molecule has 0 amide bonds. The van der Waals surface area contributed by atoms with Crippen LogP contribution in [0.3, 0.4) is 0 Å². The van der Waals surface area contributed by atoms with E-state index in [0.717, 1.165) is 56.6 Å². The van der Waals surface area contributed by atoms with Gasteiger partial charge in [-0.2, -0.15) is 0 Å². The Morgan fingerprint density at radius 3 is 2.12 bits per heavy atom. The van der Waals surface area contributed by atoms with Crippen LogP contribution in [0.2, 0.25) is 0 Å². The van der Waals surface area contributed by atoms with Gasteiger partial charge in [-0.05, 0) is 88.7 Å². The number of fused-ring (bicyclic) bond motifs is 4. The lowest BCUT2D eigenvalue weighted by Crippen LogP contribution is -2.31. The summed E-state index contributed by atoms with van der Waals surface area (Å²) in [5, 5.41) is 1.13. The Balaban J connectivity index is 1.10. The van der Waals surface area contributed by atoms with Crippen LogP contribution in [0, 0.1) is 12.2 Å². The van der Waals surface area contributed by atoms with Gasteiger partial charge in [-0.15, -0.1) is 0 Å². The van der Waals surface area contributed by atoms with E-state index in [-0.39, 0.29) is 24.2 Å². The van der Waals surface area contributed by atoms with Crippen molar-refractivity contribution in [3.05, 3.63) is 200 Å². The fourth-order valence-electron chi connectivity index (χ4n) is 7.90. The normalized spacial score (nSPS) is 12.5. The van der Waals surface area contributed by atoms with Crippen LogP contribution in [-0.2, 0) is 6.42 Å². The molecular formula is C52H40N4O. The van der Waals surface area contributed by atoms with E-state index in [9.17, 15) is 0 Å². The van der Waals surface area contributed by atoms with Crippen LogP contribution in [0.15, 0.2) is 188 Å². The van der Waals surface area contributed by atoms with Gasteiger partial charge < -0.3 is 4.74 Å². The molecule has 0 unspecified atom stereocenters. The third-order valence-electron chi connectivity index (χ3n) is 10.4. The van der Waals surface area contributed by atoms with E-state index in [1.807, 2.05) is 77.4 Å². The Bertz CT molecular complexity index is 3230. The van der Waals surface area contributed by atoms with Crippen LogP contribution < -0.4 is 9.30 Å². The summed E-state index contributed by atoms with van der Waals surface area (Å²) in [6, 6.07) is 52.4. The molecule has 0 aliphatic rings. The van der Waals surface area contributed by atoms with Crippen molar-refractivity contribution < 1.29 is 14.8 Å². The standard InChI is InChI=1S/C52H40N4O/c1-36(2)31-37-29-30-53-51(32-37)56-47-24-10-9-21-45(47)46-28-27-42(34-50(46)56)57-41-20-13-19-40(33-41)54-35-55(49-26-12-11-25-48(49)54)52-43(38-15-5-3-6-16-38)22-14-23-44(52)39-17-7-4-8-18-39/h3-30,32-34,36H,31H2,1-2H3/i9D,10D,21D,24D. The lowest BCUT2D eigenvalue weighted by Gasteiger charge is -2.17. The highest BCUT2D eigenvalue weighted by Gasteiger charge is 2.20. The lowest BCUT2D eigenvalue weighted by atomic mass is 9.95. The van der Waals surface area contributed by atoms with Gasteiger partial charge in [0.15, 0.2) is 0 Å². The molecule has 0 saturated heterocycles. The molecule has 0 N–H and O–H groups in total. The Hall–Kier alpha value is -7.24. The first kappa shape index (κ1) is 30.0. The molecule has 0 radical (unpaired) electrons. The first-order chi connectivity index (χ1) is 29.7. The van der Waals surface area contributed by atoms with Gasteiger partial charge in [-0.3, -0.25) is 13.7 Å². The molecule has 0 aliphatic carbocycles.